The highest BCUT2D eigenvalue weighted by Gasteiger charge is 2.26. The molecule has 0 radical (unpaired) electrons. The van der Waals surface area contributed by atoms with E-state index in [1.165, 1.54) is 6.20 Å². The van der Waals surface area contributed by atoms with Crippen molar-refractivity contribution < 1.29 is 19.1 Å². The number of amides is 1. The van der Waals surface area contributed by atoms with Gasteiger partial charge in [-0.1, -0.05) is 0 Å². The zero-order valence-electron chi connectivity index (χ0n) is 16.2. The van der Waals surface area contributed by atoms with Crippen molar-refractivity contribution in [2.45, 2.75) is 46.1 Å². The fraction of sp³-hybridized carbons (Fsp3) is 0.667. The lowest BCUT2D eigenvalue weighted by molar-refractivity contribution is 0.0508. The van der Waals surface area contributed by atoms with Crippen LogP contribution in [-0.4, -0.2) is 53.9 Å². The highest BCUT2D eigenvalue weighted by atomic mass is 35.5. The molecule has 0 saturated carbocycles. The molecule has 1 N–H and O–H groups in total. The number of hydrogen-bond donors (Lipinski definition) is 1. The summed E-state index contributed by atoms with van der Waals surface area (Å²) in [5, 5.41) is 2.91. The molecule has 0 spiro atoms. The number of nitrogens with zero attached hydrogens (tertiary/aromatic N) is 3. The lowest BCUT2D eigenvalue weighted by Crippen LogP contribution is -2.41. The molecule has 1 saturated heterocycles. The standard InChI is InChI=1S/C18H27ClN4O4/c1-5-26-15(24)13-11-20-16(19)22-14(13)23-8-6-12(7-9-23)10-21-17(25)27-18(2,3)4/h11-12H,5-10H2,1-4H3,(H,21,25). The first-order valence-electron chi connectivity index (χ1n) is 9.11. The maximum Gasteiger partial charge on any atom is 0.407 e. The lowest BCUT2D eigenvalue weighted by Gasteiger charge is -2.33. The predicted molar refractivity (Wildman–Crippen MR) is 102 cm³/mol. The molecule has 2 rings (SSSR count). The van der Waals surface area contributed by atoms with E-state index in [2.05, 4.69) is 15.3 Å². The molecule has 9 heteroatoms. The van der Waals surface area contributed by atoms with E-state index in [9.17, 15) is 9.59 Å². The first-order valence-corrected chi connectivity index (χ1v) is 9.49. The van der Waals surface area contributed by atoms with E-state index in [1.54, 1.807) is 6.92 Å². The van der Waals surface area contributed by atoms with Crippen LogP contribution in [0.15, 0.2) is 6.20 Å². The Bertz CT molecular complexity index is 670. The number of ether oxygens (including phenoxy) is 2. The summed E-state index contributed by atoms with van der Waals surface area (Å²) in [5.41, 5.74) is -0.199. The summed E-state index contributed by atoms with van der Waals surface area (Å²) in [4.78, 5) is 34.1. The van der Waals surface area contributed by atoms with Gasteiger partial charge in [0.1, 0.15) is 17.0 Å². The van der Waals surface area contributed by atoms with Crippen molar-refractivity contribution in [3.05, 3.63) is 17.0 Å². The first kappa shape index (κ1) is 21.2. The summed E-state index contributed by atoms with van der Waals surface area (Å²) >= 11 is 5.92. The molecule has 0 aromatic carbocycles. The van der Waals surface area contributed by atoms with E-state index < -0.39 is 17.7 Å². The first-order chi connectivity index (χ1) is 12.7. The molecule has 0 unspecified atom stereocenters. The Hall–Kier alpha value is -2.09. The third-order valence-corrected chi connectivity index (χ3v) is 4.26. The molecule has 0 bridgehead atoms. The second kappa shape index (κ2) is 9.21. The molecule has 1 aromatic rings. The molecular formula is C18H27ClN4O4. The maximum absolute atomic E-state index is 12.1. The normalized spacial score (nSPS) is 15.4. The number of rotatable bonds is 5. The second-order valence-corrected chi connectivity index (χ2v) is 7.75. The van der Waals surface area contributed by atoms with Crippen molar-refractivity contribution in [3.8, 4) is 0 Å². The molecule has 27 heavy (non-hydrogen) atoms. The molecule has 1 amide bonds. The van der Waals surface area contributed by atoms with Crippen LogP contribution in [-0.2, 0) is 9.47 Å². The minimum absolute atomic E-state index is 0.0896. The van der Waals surface area contributed by atoms with Crippen LogP contribution in [0.4, 0.5) is 10.6 Å². The molecule has 150 valence electrons. The third-order valence-electron chi connectivity index (χ3n) is 4.08. The summed E-state index contributed by atoms with van der Waals surface area (Å²) in [6, 6.07) is 0. The number of alkyl carbamates (subject to hydrolysis) is 1. The SMILES string of the molecule is CCOC(=O)c1cnc(Cl)nc1N1CCC(CNC(=O)OC(C)(C)C)CC1. The van der Waals surface area contributed by atoms with E-state index in [4.69, 9.17) is 21.1 Å². The van der Waals surface area contributed by atoms with Crippen molar-refractivity contribution in [3.63, 3.8) is 0 Å². The Morgan fingerprint density at radius 3 is 2.59 bits per heavy atom. The highest BCUT2D eigenvalue weighted by molar-refractivity contribution is 6.28. The molecule has 1 aliphatic rings. The average molecular weight is 399 g/mol. The van der Waals surface area contributed by atoms with E-state index in [-0.39, 0.29) is 11.9 Å². The monoisotopic (exact) mass is 398 g/mol. The number of halogens is 1. The minimum atomic E-state index is -0.511. The van der Waals surface area contributed by atoms with Crippen LogP contribution >= 0.6 is 11.6 Å². The number of anilines is 1. The maximum atomic E-state index is 12.1. The predicted octanol–water partition coefficient (Wildman–Crippen LogP) is 3.05. The van der Waals surface area contributed by atoms with Gasteiger partial charge in [-0.3, -0.25) is 0 Å². The number of piperidine rings is 1. The van der Waals surface area contributed by atoms with Crippen molar-refractivity contribution in [1.29, 1.82) is 0 Å². The Kier molecular flexibility index (Phi) is 7.24. The zero-order chi connectivity index (χ0) is 20.0. The number of hydrogen-bond acceptors (Lipinski definition) is 7. The third kappa shape index (κ3) is 6.53. The van der Waals surface area contributed by atoms with Gasteiger partial charge in [-0.05, 0) is 58.1 Å². The van der Waals surface area contributed by atoms with Crippen molar-refractivity contribution in [2.75, 3.05) is 31.1 Å². The molecular weight excluding hydrogens is 372 g/mol. The van der Waals surface area contributed by atoms with E-state index in [0.29, 0.717) is 36.9 Å². The summed E-state index contributed by atoms with van der Waals surface area (Å²) in [6.07, 6.45) is 2.69. The van der Waals surface area contributed by atoms with Crippen molar-refractivity contribution in [2.24, 2.45) is 5.92 Å². The van der Waals surface area contributed by atoms with Gasteiger partial charge in [-0.25, -0.2) is 14.6 Å². The van der Waals surface area contributed by atoms with Gasteiger partial charge < -0.3 is 19.7 Å². The second-order valence-electron chi connectivity index (χ2n) is 7.41. The quantitative estimate of drug-likeness (QED) is 0.601. The molecule has 1 fully saturated rings. The smallest absolute Gasteiger partial charge is 0.407 e. The molecule has 2 heterocycles. The number of nitrogens with one attached hydrogen (secondary N) is 1. The average Bonchev–Trinajstić information content (AvgIpc) is 2.59. The fourth-order valence-electron chi connectivity index (χ4n) is 2.84. The topological polar surface area (TPSA) is 93.6 Å². The summed E-state index contributed by atoms with van der Waals surface area (Å²) in [7, 11) is 0. The van der Waals surface area contributed by atoms with Crippen LogP contribution in [0.3, 0.4) is 0 Å². The lowest BCUT2D eigenvalue weighted by atomic mass is 9.96. The molecule has 0 aliphatic carbocycles. The van der Waals surface area contributed by atoms with Gasteiger partial charge in [0, 0.05) is 25.8 Å². The summed E-state index contributed by atoms with van der Waals surface area (Å²) < 4.78 is 10.3. The van der Waals surface area contributed by atoms with Gasteiger partial charge in [0.15, 0.2) is 0 Å². The van der Waals surface area contributed by atoms with Crippen LogP contribution in [0.5, 0.6) is 0 Å². The molecule has 8 nitrogen and oxygen atoms in total. The van der Waals surface area contributed by atoms with Gasteiger partial charge >= 0.3 is 12.1 Å². The Labute approximate surface area is 164 Å². The van der Waals surface area contributed by atoms with Gasteiger partial charge in [0.05, 0.1) is 6.61 Å². The van der Waals surface area contributed by atoms with Crippen LogP contribution in [0.25, 0.3) is 0 Å². The van der Waals surface area contributed by atoms with Crippen LogP contribution in [0.2, 0.25) is 5.28 Å². The Balaban J connectivity index is 1.93. The van der Waals surface area contributed by atoms with Gasteiger partial charge in [-0.15, -0.1) is 0 Å². The van der Waals surface area contributed by atoms with Crippen LogP contribution in [0.1, 0.15) is 50.9 Å². The van der Waals surface area contributed by atoms with Gasteiger partial charge in [0.25, 0.3) is 0 Å². The number of esters is 1. The Morgan fingerprint density at radius 2 is 2.00 bits per heavy atom. The molecule has 1 aliphatic heterocycles. The minimum Gasteiger partial charge on any atom is -0.462 e. The highest BCUT2D eigenvalue weighted by Crippen LogP contribution is 2.26. The van der Waals surface area contributed by atoms with Gasteiger partial charge in [0.2, 0.25) is 5.28 Å². The largest absolute Gasteiger partial charge is 0.462 e. The van der Waals surface area contributed by atoms with Crippen molar-refractivity contribution in [1.82, 2.24) is 15.3 Å². The molecule has 1 aromatic heterocycles. The van der Waals surface area contributed by atoms with E-state index in [0.717, 1.165) is 12.8 Å². The summed E-state index contributed by atoms with van der Waals surface area (Å²) in [5.74, 6) is 0.363. The van der Waals surface area contributed by atoms with Gasteiger partial charge in [-0.2, -0.15) is 4.98 Å². The van der Waals surface area contributed by atoms with Crippen molar-refractivity contribution >= 4 is 29.5 Å². The number of carbonyl (C=O) groups excluding carboxylic acids is 2. The van der Waals surface area contributed by atoms with E-state index >= 15 is 0 Å². The van der Waals surface area contributed by atoms with Crippen LogP contribution in [0, 0.1) is 5.92 Å². The van der Waals surface area contributed by atoms with Crippen LogP contribution < -0.4 is 10.2 Å². The van der Waals surface area contributed by atoms with E-state index in [1.807, 2.05) is 25.7 Å². The Morgan fingerprint density at radius 1 is 1.33 bits per heavy atom. The fourth-order valence-corrected chi connectivity index (χ4v) is 2.97. The summed E-state index contributed by atoms with van der Waals surface area (Å²) in [6.45, 7) is 9.47. The zero-order valence-corrected chi connectivity index (χ0v) is 17.0. The number of aromatic nitrogens is 2. The number of carbonyl (C=O) groups is 2. The molecule has 0 atom stereocenters.